The van der Waals surface area contributed by atoms with Crippen LogP contribution in [0, 0.1) is 11.8 Å². The van der Waals surface area contributed by atoms with Crippen LogP contribution in [0.3, 0.4) is 0 Å². The van der Waals surface area contributed by atoms with Crippen LogP contribution in [-0.4, -0.2) is 27.2 Å². The molecule has 1 fully saturated rings. The van der Waals surface area contributed by atoms with Crippen LogP contribution in [0.15, 0.2) is 36.5 Å². The number of hydrogen-bond donors (Lipinski definition) is 3. The highest BCUT2D eigenvalue weighted by Gasteiger charge is 2.48. The van der Waals surface area contributed by atoms with Gasteiger partial charge in [-0.25, -0.2) is 0 Å². The summed E-state index contributed by atoms with van der Waals surface area (Å²) in [6.45, 7) is 0. The highest BCUT2D eigenvalue weighted by atomic mass is 16.4. The fourth-order valence-electron chi connectivity index (χ4n) is 2.17. The Kier molecular flexibility index (Phi) is 2.98. The molecule has 2 aromatic rings. The van der Waals surface area contributed by atoms with Crippen molar-refractivity contribution in [2.45, 2.75) is 6.42 Å². The van der Waals surface area contributed by atoms with Gasteiger partial charge in [-0.1, -0.05) is 12.1 Å². The van der Waals surface area contributed by atoms with E-state index >= 15 is 0 Å². The molecule has 1 saturated carbocycles. The molecular formula is C14H13N3O3. The number of rotatable bonds is 4. The first kappa shape index (κ1) is 12.4. The molecule has 3 N–H and O–H groups in total. The average Bonchev–Trinajstić information content (AvgIpc) is 3.06. The van der Waals surface area contributed by atoms with E-state index in [1.54, 1.807) is 12.3 Å². The van der Waals surface area contributed by atoms with Crippen LogP contribution in [-0.2, 0) is 9.59 Å². The standard InChI is InChI=1S/C14H13N3O3/c18-13(10-7-11(10)14(19)20)16-9-3-1-2-8(6-9)12-4-5-15-17-12/h1-6,10-11H,7H2,(H,15,17)(H,16,18)(H,19,20). The maximum atomic E-state index is 11.9. The summed E-state index contributed by atoms with van der Waals surface area (Å²) in [6.07, 6.45) is 2.07. The van der Waals surface area contributed by atoms with Crippen LogP contribution in [0.4, 0.5) is 5.69 Å². The van der Waals surface area contributed by atoms with E-state index in [9.17, 15) is 9.59 Å². The predicted molar refractivity (Wildman–Crippen MR) is 71.9 cm³/mol. The highest BCUT2D eigenvalue weighted by molar-refractivity contribution is 5.98. The van der Waals surface area contributed by atoms with E-state index in [2.05, 4.69) is 15.5 Å². The molecule has 1 aromatic carbocycles. The maximum absolute atomic E-state index is 11.9. The van der Waals surface area contributed by atoms with E-state index in [4.69, 9.17) is 5.11 Å². The van der Waals surface area contributed by atoms with Crippen molar-refractivity contribution in [2.24, 2.45) is 11.8 Å². The van der Waals surface area contributed by atoms with E-state index < -0.39 is 17.8 Å². The number of carboxylic acid groups (broad SMARTS) is 1. The molecule has 3 rings (SSSR count). The van der Waals surface area contributed by atoms with E-state index in [1.165, 1.54) is 0 Å². The summed E-state index contributed by atoms with van der Waals surface area (Å²) in [5.74, 6) is -2.09. The van der Waals surface area contributed by atoms with E-state index in [0.29, 0.717) is 12.1 Å². The summed E-state index contributed by atoms with van der Waals surface area (Å²) in [4.78, 5) is 22.6. The van der Waals surface area contributed by atoms with Crippen molar-refractivity contribution in [1.29, 1.82) is 0 Å². The lowest BCUT2D eigenvalue weighted by molar-refractivity contribution is -0.139. The summed E-state index contributed by atoms with van der Waals surface area (Å²) < 4.78 is 0. The fraction of sp³-hybridized carbons (Fsp3) is 0.214. The van der Waals surface area contributed by atoms with Crippen molar-refractivity contribution in [1.82, 2.24) is 10.2 Å². The third-order valence-electron chi connectivity index (χ3n) is 3.39. The average molecular weight is 271 g/mol. The van der Waals surface area contributed by atoms with Crippen LogP contribution in [0.1, 0.15) is 6.42 Å². The first-order valence-electron chi connectivity index (χ1n) is 6.28. The largest absolute Gasteiger partial charge is 0.481 e. The zero-order valence-electron chi connectivity index (χ0n) is 10.5. The van der Waals surface area contributed by atoms with Crippen molar-refractivity contribution in [3.8, 4) is 11.3 Å². The Balaban J connectivity index is 1.71. The lowest BCUT2D eigenvalue weighted by Crippen LogP contribution is -2.16. The summed E-state index contributed by atoms with van der Waals surface area (Å²) >= 11 is 0. The Labute approximate surface area is 114 Å². The van der Waals surface area contributed by atoms with Gasteiger partial charge in [-0.2, -0.15) is 5.10 Å². The number of carboxylic acids is 1. The molecule has 102 valence electrons. The maximum Gasteiger partial charge on any atom is 0.307 e. The first-order valence-corrected chi connectivity index (χ1v) is 6.28. The third kappa shape index (κ3) is 2.40. The second-order valence-corrected chi connectivity index (χ2v) is 4.83. The van der Waals surface area contributed by atoms with Gasteiger partial charge in [0.15, 0.2) is 0 Å². The summed E-state index contributed by atoms with van der Waals surface area (Å²) in [5, 5.41) is 18.3. The number of carbonyl (C=O) groups excluding carboxylic acids is 1. The normalized spacial score (nSPS) is 20.4. The number of aliphatic carboxylic acids is 1. The van der Waals surface area contributed by atoms with Gasteiger partial charge in [-0.05, 0) is 24.6 Å². The minimum Gasteiger partial charge on any atom is -0.481 e. The van der Waals surface area contributed by atoms with Crippen LogP contribution in [0.25, 0.3) is 11.3 Å². The number of amides is 1. The molecule has 0 aliphatic heterocycles. The SMILES string of the molecule is O=C(O)C1CC1C(=O)Nc1cccc(-c2ccn[nH]2)c1. The molecule has 20 heavy (non-hydrogen) atoms. The topological polar surface area (TPSA) is 95.1 Å². The summed E-state index contributed by atoms with van der Waals surface area (Å²) in [6, 6.07) is 9.16. The minimum absolute atomic E-state index is 0.237. The molecule has 1 heterocycles. The molecule has 0 radical (unpaired) electrons. The molecule has 0 saturated heterocycles. The Morgan fingerprint density at radius 3 is 2.80 bits per heavy atom. The second-order valence-electron chi connectivity index (χ2n) is 4.83. The van der Waals surface area contributed by atoms with Gasteiger partial charge in [0, 0.05) is 17.4 Å². The number of H-pyrrole nitrogens is 1. The summed E-state index contributed by atoms with van der Waals surface area (Å²) in [7, 11) is 0. The number of aromatic nitrogens is 2. The molecule has 1 aliphatic carbocycles. The molecule has 0 spiro atoms. The first-order chi connectivity index (χ1) is 9.65. The Bertz CT molecular complexity index is 651. The monoisotopic (exact) mass is 271 g/mol. The van der Waals surface area contributed by atoms with E-state index in [-0.39, 0.29) is 5.91 Å². The van der Waals surface area contributed by atoms with Gasteiger partial charge in [0.25, 0.3) is 0 Å². The molecule has 0 bridgehead atoms. The number of anilines is 1. The van der Waals surface area contributed by atoms with Crippen molar-refractivity contribution in [3.63, 3.8) is 0 Å². The summed E-state index contributed by atoms with van der Waals surface area (Å²) in [5.41, 5.74) is 2.42. The van der Waals surface area contributed by atoms with Crippen molar-refractivity contribution in [2.75, 3.05) is 5.32 Å². The lowest BCUT2D eigenvalue weighted by Gasteiger charge is -2.06. The van der Waals surface area contributed by atoms with Crippen LogP contribution >= 0.6 is 0 Å². The van der Waals surface area contributed by atoms with Crippen molar-refractivity contribution < 1.29 is 14.7 Å². The zero-order valence-corrected chi connectivity index (χ0v) is 10.5. The smallest absolute Gasteiger partial charge is 0.307 e. The van der Waals surface area contributed by atoms with Gasteiger partial charge in [0.05, 0.1) is 17.5 Å². The molecule has 1 amide bonds. The number of nitrogens with zero attached hydrogens (tertiary/aromatic N) is 1. The Morgan fingerprint density at radius 1 is 1.30 bits per heavy atom. The molecule has 6 nitrogen and oxygen atoms in total. The highest BCUT2D eigenvalue weighted by Crippen LogP contribution is 2.39. The minimum atomic E-state index is -0.906. The predicted octanol–water partition coefficient (Wildman–Crippen LogP) is 1.74. The van der Waals surface area contributed by atoms with Crippen molar-refractivity contribution >= 4 is 17.6 Å². The van der Waals surface area contributed by atoms with E-state index in [0.717, 1.165) is 11.3 Å². The molecule has 2 unspecified atom stereocenters. The van der Waals surface area contributed by atoms with Gasteiger partial charge in [-0.3, -0.25) is 14.7 Å². The van der Waals surface area contributed by atoms with Crippen LogP contribution in [0.5, 0.6) is 0 Å². The number of carbonyl (C=O) groups is 2. The van der Waals surface area contributed by atoms with Gasteiger partial charge in [0.1, 0.15) is 0 Å². The second kappa shape index (κ2) is 4.80. The molecule has 1 aliphatic rings. The lowest BCUT2D eigenvalue weighted by atomic mass is 10.1. The molecular weight excluding hydrogens is 258 g/mol. The van der Waals surface area contributed by atoms with Gasteiger partial charge in [0.2, 0.25) is 5.91 Å². The molecule has 1 aromatic heterocycles. The number of hydrogen-bond acceptors (Lipinski definition) is 3. The zero-order chi connectivity index (χ0) is 14.1. The third-order valence-corrected chi connectivity index (χ3v) is 3.39. The van der Waals surface area contributed by atoms with Crippen molar-refractivity contribution in [3.05, 3.63) is 36.5 Å². The molecule has 2 atom stereocenters. The molecule has 6 heteroatoms. The van der Waals surface area contributed by atoms with Crippen LogP contribution in [0.2, 0.25) is 0 Å². The Hall–Kier alpha value is -2.63. The van der Waals surface area contributed by atoms with Gasteiger partial charge < -0.3 is 10.4 Å². The Morgan fingerprint density at radius 2 is 2.15 bits per heavy atom. The van der Waals surface area contributed by atoms with Gasteiger partial charge in [-0.15, -0.1) is 0 Å². The van der Waals surface area contributed by atoms with E-state index in [1.807, 2.05) is 24.3 Å². The number of aromatic amines is 1. The van der Waals surface area contributed by atoms with Gasteiger partial charge >= 0.3 is 5.97 Å². The number of nitrogens with one attached hydrogen (secondary N) is 2. The van der Waals surface area contributed by atoms with Crippen LogP contribution < -0.4 is 5.32 Å². The quantitative estimate of drug-likeness (QED) is 0.789. The number of benzene rings is 1. The fourth-order valence-corrected chi connectivity index (χ4v) is 2.17.